The van der Waals surface area contributed by atoms with Crippen LogP contribution < -0.4 is 16.8 Å². The van der Waals surface area contributed by atoms with Crippen molar-refractivity contribution in [2.24, 2.45) is 11.5 Å². The van der Waals surface area contributed by atoms with E-state index >= 15 is 0 Å². The van der Waals surface area contributed by atoms with Crippen LogP contribution in [0.1, 0.15) is 5.56 Å². The predicted octanol–water partition coefficient (Wildman–Crippen LogP) is 0.780. The molecule has 84 valence electrons. The van der Waals surface area contributed by atoms with Crippen molar-refractivity contribution in [3.63, 3.8) is 0 Å². The molecule has 0 radical (unpaired) electrons. The Morgan fingerprint density at radius 2 is 1.47 bits per heavy atom. The number of halogens is 1. The number of hydrogen-bond donors (Lipinski definition) is 5. The van der Waals surface area contributed by atoms with E-state index in [0.29, 0.717) is 0 Å². The van der Waals surface area contributed by atoms with Crippen molar-refractivity contribution in [3.8, 4) is 0 Å². The Balaban J connectivity index is 0. The van der Waals surface area contributed by atoms with E-state index in [2.05, 4.69) is 19.1 Å². The van der Waals surface area contributed by atoms with Crippen molar-refractivity contribution in [2.75, 3.05) is 0 Å². The Hall–Kier alpha value is -1.75. The number of guanidine groups is 2. The quantitative estimate of drug-likeness (QED) is 0.335. The highest BCUT2D eigenvalue weighted by atomic mass is 35.5. The fraction of sp³-hybridized carbons (Fsp3) is 0.111. The molecular formula is C9H16ClN5. The number of hydrogen-bond acceptors (Lipinski definition) is 2. The molecule has 0 heterocycles. The maximum absolute atomic E-state index is 6.47. The molecule has 6 heteroatoms. The molecule has 0 atom stereocenters. The van der Waals surface area contributed by atoms with Gasteiger partial charge in [-0.15, -0.1) is 12.4 Å². The normalized spacial score (nSPS) is 7.53. The molecule has 1 aromatic rings. The highest BCUT2D eigenvalue weighted by Gasteiger charge is 1.83. The van der Waals surface area contributed by atoms with Gasteiger partial charge in [0.1, 0.15) is 0 Å². The van der Waals surface area contributed by atoms with Crippen LogP contribution in [0.15, 0.2) is 30.3 Å². The average Bonchev–Trinajstić information content (AvgIpc) is 2.03. The summed E-state index contributed by atoms with van der Waals surface area (Å²) in [6, 6.07) is 10.3. The van der Waals surface area contributed by atoms with Gasteiger partial charge in [0, 0.05) is 0 Å². The second-order valence-corrected chi connectivity index (χ2v) is 2.61. The summed E-state index contributed by atoms with van der Waals surface area (Å²) >= 11 is 0. The molecule has 5 nitrogen and oxygen atoms in total. The summed E-state index contributed by atoms with van der Waals surface area (Å²) in [5.74, 6) is -0.625. The first-order chi connectivity index (χ1) is 6.52. The molecule has 0 unspecified atom stereocenters. The smallest absolute Gasteiger partial charge is 0.192 e. The molecule has 15 heavy (non-hydrogen) atoms. The Morgan fingerprint density at radius 3 is 1.60 bits per heavy atom. The second-order valence-electron chi connectivity index (χ2n) is 2.61. The molecule has 0 bridgehead atoms. The Kier molecular flexibility index (Phi) is 9.25. The van der Waals surface area contributed by atoms with Gasteiger partial charge in [-0.3, -0.25) is 16.1 Å². The summed E-state index contributed by atoms with van der Waals surface area (Å²) in [7, 11) is 0. The summed E-state index contributed by atoms with van der Waals surface area (Å²) in [4.78, 5) is 0. The Labute approximate surface area is 95.3 Å². The van der Waals surface area contributed by atoms with Crippen molar-refractivity contribution in [2.45, 2.75) is 6.92 Å². The van der Waals surface area contributed by atoms with Crippen molar-refractivity contribution in [1.82, 2.24) is 5.32 Å². The minimum atomic E-state index is -0.312. The van der Waals surface area contributed by atoms with E-state index < -0.39 is 0 Å². The van der Waals surface area contributed by atoms with Crippen molar-refractivity contribution >= 4 is 24.3 Å². The van der Waals surface area contributed by atoms with Crippen LogP contribution in [-0.2, 0) is 0 Å². The molecule has 0 amide bonds. The van der Waals surface area contributed by atoms with E-state index in [1.165, 1.54) is 5.56 Å². The Bertz CT molecular complexity index is 287. The zero-order valence-electron chi connectivity index (χ0n) is 8.45. The van der Waals surface area contributed by atoms with Crippen LogP contribution in [0.3, 0.4) is 0 Å². The minimum Gasteiger partial charge on any atom is -0.370 e. The third-order valence-electron chi connectivity index (χ3n) is 1.21. The van der Waals surface area contributed by atoms with E-state index in [1.807, 2.05) is 23.5 Å². The monoisotopic (exact) mass is 229 g/mol. The second kappa shape index (κ2) is 8.83. The zero-order valence-corrected chi connectivity index (χ0v) is 9.27. The third kappa shape index (κ3) is 12.2. The zero-order chi connectivity index (χ0) is 11.0. The summed E-state index contributed by atoms with van der Waals surface area (Å²) < 4.78 is 0. The van der Waals surface area contributed by atoms with E-state index in [-0.39, 0.29) is 24.3 Å². The summed E-state index contributed by atoms with van der Waals surface area (Å²) in [6.07, 6.45) is 0. The van der Waals surface area contributed by atoms with Crippen LogP contribution in [0, 0.1) is 17.7 Å². The standard InChI is InChI=1S/C7H8.C2H7N5.ClH/c1-7-5-3-2-4-6-7;3-1(4)7-2(5)6;/h2-6H,1H3;(H7,3,4,5,6,7);1H. The highest BCUT2D eigenvalue weighted by Crippen LogP contribution is 1.92. The fourth-order valence-corrected chi connectivity index (χ4v) is 0.679. The van der Waals surface area contributed by atoms with Gasteiger partial charge in [-0.2, -0.15) is 0 Å². The fourth-order valence-electron chi connectivity index (χ4n) is 0.679. The third-order valence-corrected chi connectivity index (χ3v) is 1.21. The van der Waals surface area contributed by atoms with Gasteiger partial charge in [0.2, 0.25) is 0 Å². The summed E-state index contributed by atoms with van der Waals surface area (Å²) in [5, 5.41) is 15.0. The van der Waals surface area contributed by atoms with E-state index in [0.717, 1.165) is 0 Å². The van der Waals surface area contributed by atoms with E-state index in [4.69, 9.17) is 22.3 Å². The first-order valence-electron chi connectivity index (χ1n) is 3.99. The van der Waals surface area contributed by atoms with Crippen LogP contribution in [0.5, 0.6) is 0 Å². The first kappa shape index (κ1) is 15.7. The molecule has 0 aliphatic heterocycles. The lowest BCUT2D eigenvalue weighted by molar-refractivity contribution is 1.19. The van der Waals surface area contributed by atoms with E-state index in [9.17, 15) is 0 Å². The topological polar surface area (TPSA) is 112 Å². The summed E-state index contributed by atoms with van der Waals surface area (Å²) in [5.41, 5.74) is 10.8. The number of nitrogens with two attached hydrogens (primary N) is 2. The first-order valence-corrected chi connectivity index (χ1v) is 3.99. The van der Waals surface area contributed by atoms with Crippen LogP contribution in [0.25, 0.3) is 0 Å². The predicted molar refractivity (Wildman–Crippen MR) is 65.4 cm³/mol. The van der Waals surface area contributed by atoms with Gasteiger partial charge >= 0.3 is 0 Å². The van der Waals surface area contributed by atoms with Gasteiger partial charge in [-0.05, 0) is 6.92 Å². The van der Waals surface area contributed by atoms with Gasteiger partial charge in [0.25, 0.3) is 0 Å². The lowest BCUT2D eigenvalue weighted by Gasteiger charge is -1.95. The molecule has 0 fully saturated rings. The largest absolute Gasteiger partial charge is 0.370 e. The maximum atomic E-state index is 6.47. The van der Waals surface area contributed by atoms with Crippen molar-refractivity contribution < 1.29 is 0 Å². The highest BCUT2D eigenvalue weighted by molar-refractivity contribution is 5.93. The number of rotatable bonds is 0. The Morgan fingerprint density at radius 1 is 1.07 bits per heavy atom. The SMILES string of the molecule is Cc1ccccc1.Cl.N=C(N)NC(=N)N. The number of benzene rings is 1. The van der Waals surface area contributed by atoms with Gasteiger partial charge < -0.3 is 11.5 Å². The molecule has 7 N–H and O–H groups in total. The van der Waals surface area contributed by atoms with Gasteiger partial charge in [-0.1, -0.05) is 35.9 Å². The lowest BCUT2D eigenvalue weighted by atomic mass is 10.2. The van der Waals surface area contributed by atoms with Crippen LogP contribution in [0.4, 0.5) is 0 Å². The molecule has 0 spiro atoms. The van der Waals surface area contributed by atoms with Gasteiger partial charge in [0.05, 0.1) is 0 Å². The number of nitrogens with one attached hydrogen (secondary N) is 3. The maximum Gasteiger partial charge on any atom is 0.192 e. The summed E-state index contributed by atoms with van der Waals surface area (Å²) in [6.45, 7) is 2.08. The van der Waals surface area contributed by atoms with Crippen LogP contribution >= 0.6 is 12.4 Å². The van der Waals surface area contributed by atoms with Crippen LogP contribution in [0.2, 0.25) is 0 Å². The van der Waals surface area contributed by atoms with Crippen molar-refractivity contribution in [3.05, 3.63) is 35.9 Å². The average molecular weight is 230 g/mol. The molecule has 0 saturated carbocycles. The molecule has 1 rings (SSSR count). The molecule has 0 aliphatic rings. The van der Waals surface area contributed by atoms with Gasteiger partial charge in [0.15, 0.2) is 11.9 Å². The minimum absolute atomic E-state index is 0. The van der Waals surface area contributed by atoms with E-state index in [1.54, 1.807) is 0 Å². The van der Waals surface area contributed by atoms with Crippen LogP contribution in [-0.4, -0.2) is 11.9 Å². The lowest BCUT2D eigenvalue weighted by Crippen LogP contribution is -2.39. The molecule has 0 saturated heterocycles. The number of aryl methyl sites for hydroxylation is 1. The molecule has 1 aromatic carbocycles. The van der Waals surface area contributed by atoms with Gasteiger partial charge in [-0.25, -0.2) is 0 Å². The van der Waals surface area contributed by atoms with Crippen molar-refractivity contribution in [1.29, 1.82) is 10.8 Å². The molecule has 0 aliphatic carbocycles. The molecular weight excluding hydrogens is 214 g/mol. The molecule has 0 aromatic heterocycles.